The molecule has 0 atom stereocenters. The molecular weight excluding hydrogens is 320 g/mol. The highest BCUT2D eigenvalue weighted by atomic mass is 16.5. The molecule has 0 aliphatic heterocycles. The summed E-state index contributed by atoms with van der Waals surface area (Å²) in [6.07, 6.45) is 18.0. The van der Waals surface area contributed by atoms with E-state index in [1.807, 2.05) is 18.2 Å². The SMILES string of the molecule is C=C(CCCCCCCCCCCCCCC)C(=O)Oc1ccccc1. The van der Waals surface area contributed by atoms with Gasteiger partial charge in [0.15, 0.2) is 0 Å². The Labute approximate surface area is 161 Å². The van der Waals surface area contributed by atoms with Gasteiger partial charge in [-0.3, -0.25) is 0 Å². The Balaban J connectivity index is 1.89. The lowest BCUT2D eigenvalue weighted by Crippen LogP contribution is -2.10. The second-order valence-corrected chi connectivity index (χ2v) is 7.30. The number of carbonyl (C=O) groups is 1. The molecule has 2 nitrogen and oxygen atoms in total. The Morgan fingerprint density at radius 3 is 1.73 bits per heavy atom. The van der Waals surface area contributed by atoms with Crippen molar-refractivity contribution in [3.63, 3.8) is 0 Å². The summed E-state index contributed by atoms with van der Waals surface area (Å²) < 4.78 is 5.30. The zero-order valence-corrected chi connectivity index (χ0v) is 16.8. The third-order valence-electron chi connectivity index (χ3n) is 4.82. The molecule has 0 aliphatic rings. The Morgan fingerprint density at radius 1 is 0.769 bits per heavy atom. The van der Waals surface area contributed by atoms with E-state index in [1.165, 1.54) is 77.0 Å². The first-order valence-corrected chi connectivity index (χ1v) is 10.7. The number of hydrogen-bond acceptors (Lipinski definition) is 2. The fraction of sp³-hybridized carbons (Fsp3) is 0.625. The van der Waals surface area contributed by atoms with E-state index in [9.17, 15) is 4.79 Å². The van der Waals surface area contributed by atoms with Crippen LogP contribution >= 0.6 is 0 Å². The molecule has 0 heterocycles. The number of hydrogen-bond donors (Lipinski definition) is 0. The first-order valence-electron chi connectivity index (χ1n) is 10.7. The van der Waals surface area contributed by atoms with Crippen molar-refractivity contribution in [1.29, 1.82) is 0 Å². The Kier molecular flexibility index (Phi) is 13.5. The molecular formula is C24H38O2. The number of carbonyl (C=O) groups excluding carboxylic acids is 1. The van der Waals surface area contributed by atoms with Gasteiger partial charge in [-0.15, -0.1) is 0 Å². The van der Waals surface area contributed by atoms with Crippen molar-refractivity contribution >= 4 is 5.97 Å². The minimum Gasteiger partial charge on any atom is -0.423 e. The molecule has 0 N–H and O–H groups in total. The van der Waals surface area contributed by atoms with Crippen molar-refractivity contribution in [2.75, 3.05) is 0 Å². The van der Waals surface area contributed by atoms with E-state index in [0.29, 0.717) is 11.3 Å². The average molecular weight is 359 g/mol. The van der Waals surface area contributed by atoms with Gasteiger partial charge in [-0.25, -0.2) is 4.79 Å². The molecule has 1 aromatic rings. The molecule has 0 aromatic heterocycles. The molecule has 1 aromatic carbocycles. The smallest absolute Gasteiger partial charge is 0.338 e. The van der Waals surface area contributed by atoms with E-state index in [-0.39, 0.29) is 5.97 Å². The first-order chi connectivity index (χ1) is 12.7. The van der Waals surface area contributed by atoms with Crippen molar-refractivity contribution in [3.8, 4) is 5.75 Å². The van der Waals surface area contributed by atoms with E-state index in [1.54, 1.807) is 12.1 Å². The maximum Gasteiger partial charge on any atom is 0.338 e. The van der Waals surface area contributed by atoms with Crippen molar-refractivity contribution < 1.29 is 9.53 Å². The molecule has 1 rings (SSSR count). The molecule has 0 saturated carbocycles. The molecule has 0 bridgehead atoms. The van der Waals surface area contributed by atoms with E-state index >= 15 is 0 Å². The zero-order chi connectivity index (χ0) is 18.9. The predicted octanol–water partition coefficient (Wildman–Crippen LogP) is 7.63. The van der Waals surface area contributed by atoms with Crippen LogP contribution in [0.5, 0.6) is 5.75 Å². The minimum absolute atomic E-state index is 0.296. The second-order valence-electron chi connectivity index (χ2n) is 7.30. The van der Waals surface area contributed by atoms with Crippen LogP contribution in [-0.2, 0) is 4.79 Å². The second kappa shape index (κ2) is 15.7. The molecule has 0 aliphatic carbocycles. The van der Waals surface area contributed by atoms with E-state index in [2.05, 4.69) is 13.5 Å². The van der Waals surface area contributed by atoms with Gasteiger partial charge < -0.3 is 4.74 Å². The number of benzene rings is 1. The van der Waals surface area contributed by atoms with Gasteiger partial charge in [-0.05, 0) is 25.0 Å². The summed E-state index contributed by atoms with van der Waals surface area (Å²) in [5.41, 5.74) is 0.580. The minimum atomic E-state index is -0.296. The van der Waals surface area contributed by atoms with Gasteiger partial charge >= 0.3 is 5.97 Å². The van der Waals surface area contributed by atoms with Crippen LogP contribution in [0.2, 0.25) is 0 Å². The fourth-order valence-corrected chi connectivity index (χ4v) is 3.13. The lowest BCUT2D eigenvalue weighted by atomic mass is 10.0. The van der Waals surface area contributed by atoms with Gasteiger partial charge in [0.25, 0.3) is 0 Å². The number of rotatable bonds is 16. The van der Waals surface area contributed by atoms with Gasteiger partial charge in [0.05, 0.1) is 0 Å². The van der Waals surface area contributed by atoms with Crippen molar-refractivity contribution in [3.05, 3.63) is 42.5 Å². The van der Waals surface area contributed by atoms with Gasteiger partial charge in [-0.1, -0.05) is 109 Å². The lowest BCUT2D eigenvalue weighted by molar-refractivity contribution is -0.130. The summed E-state index contributed by atoms with van der Waals surface area (Å²) in [6.45, 7) is 6.14. The molecule has 0 radical (unpaired) electrons. The summed E-state index contributed by atoms with van der Waals surface area (Å²) in [6, 6.07) is 9.20. The molecule has 0 amide bonds. The van der Waals surface area contributed by atoms with Crippen LogP contribution in [0.3, 0.4) is 0 Å². The largest absolute Gasteiger partial charge is 0.423 e. The Morgan fingerprint density at radius 2 is 1.23 bits per heavy atom. The summed E-state index contributed by atoms with van der Waals surface area (Å²) in [5.74, 6) is 0.291. The van der Waals surface area contributed by atoms with E-state index < -0.39 is 0 Å². The van der Waals surface area contributed by atoms with Crippen molar-refractivity contribution in [2.24, 2.45) is 0 Å². The highest BCUT2D eigenvalue weighted by Gasteiger charge is 2.09. The van der Waals surface area contributed by atoms with Crippen molar-refractivity contribution in [1.82, 2.24) is 0 Å². The quantitative estimate of drug-likeness (QED) is 0.131. The number of esters is 1. The Bertz CT molecular complexity index is 478. The maximum atomic E-state index is 11.9. The van der Waals surface area contributed by atoms with Gasteiger partial charge in [-0.2, -0.15) is 0 Å². The molecule has 0 saturated heterocycles. The van der Waals surface area contributed by atoms with Crippen LogP contribution < -0.4 is 4.74 Å². The van der Waals surface area contributed by atoms with Crippen LogP contribution in [0.15, 0.2) is 42.5 Å². The highest BCUT2D eigenvalue weighted by molar-refractivity contribution is 5.89. The van der Waals surface area contributed by atoms with Crippen LogP contribution in [0.1, 0.15) is 96.8 Å². The van der Waals surface area contributed by atoms with Gasteiger partial charge in [0, 0.05) is 5.57 Å². The Hall–Kier alpha value is -1.57. The summed E-state index contributed by atoms with van der Waals surface area (Å²) in [4.78, 5) is 11.9. The molecule has 0 spiro atoms. The van der Waals surface area contributed by atoms with Gasteiger partial charge in [0.1, 0.15) is 5.75 Å². The van der Waals surface area contributed by atoms with E-state index in [4.69, 9.17) is 4.74 Å². The number of ether oxygens (including phenoxy) is 1. The van der Waals surface area contributed by atoms with Gasteiger partial charge in [0.2, 0.25) is 0 Å². The first kappa shape index (κ1) is 22.5. The van der Waals surface area contributed by atoms with Crippen LogP contribution in [-0.4, -0.2) is 5.97 Å². The molecule has 26 heavy (non-hydrogen) atoms. The molecule has 0 unspecified atom stereocenters. The number of para-hydroxylation sites is 1. The standard InChI is InChI=1S/C24H38O2/c1-3-4-5-6-7-8-9-10-11-12-13-14-16-19-22(2)24(25)26-23-20-17-15-18-21-23/h15,17-18,20-21H,2-14,16,19H2,1H3. The summed E-state index contributed by atoms with van der Waals surface area (Å²) in [5, 5.41) is 0. The van der Waals surface area contributed by atoms with Crippen molar-refractivity contribution in [2.45, 2.75) is 96.8 Å². The third-order valence-corrected chi connectivity index (χ3v) is 4.82. The van der Waals surface area contributed by atoms with E-state index in [0.717, 1.165) is 12.8 Å². The molecule has 2 heteroatoms. The highest BCUT2D eigenvalue weighted by Crippen LogP contribution is 2.16. The van der Waals surface area contributed by atoms with Crippen LogP contribution in [0.4, 0.5) is 0 Å². The third kappa shape index (κ3) is 11.9. The molecule has 146 valence electrons. The van der Waals surface area contributed by atoms with Crippen LogP contribution in [0.25, 0.3) is 0 Å². The monoisotopic (exact) mass is 358 g/mol. The summed E-state index contributed by atoms with van der Waals surface area (Å²) >= 11 is 0. The zero-order valence-electron chi connectivity index (χ0n) is 16.8. The normalized spacial score (nSPS) is 10.7. The lowest BCUT2D eigenvalue weighted by Gasteiger charge is -2.07. The predicted molar refractivity (Wildman–Crippen MR) is 112 cm³/mol. The number of unbranched alkanes of at least 4 members (excludes halogenated alkanes) is 12. The average Bonchev–Trinajstić information content (AvgIpc) is 2.66. The molecule has 0 fully saturated rings. The van der Waals surface area contributed by atoms with Crippen LogP contribution in [0, 0.1) is 0 Å². The topological polar surface area (TPSA) is 26.3 Å². The summed E-state index contributed by atoms with van der Waals surface area (Å²) in [7, 11) is 0. The fourth-order valence-electron chi connectivity index (χ4n) is 3.13. The maximum absolute atomic E-state index is 11.9.